The number of hydrogen-bond acceptors (Lipinski definition) is 8. The number of fused-ring (bicyclic) bond motifs is 3. The number of aromatic hydroxyl groups is 1. The topological polar surface area (TPSA) is 161 Å². The van der Waals surface area contributed by atoms with Crippen LogP contribution in [0.2, 0.25) is 5.02 Å². The summed E-state index contributed by atoms with van der Waals surface area (Å²) in [7, 11) is 3.09. The van der Waals surface area contributed by atoms with E-state index in [1.54, 1.807) is 21.0 Å². The second-order valence-electron chi connectivity index (χ2n) is 8.81. The van der Waals surface area contributed by atoms with Crippen LogP contribution in [0, 0.1) is 11.8 Å². The van der Waals surface area contributed by atoms with Gasteiger partial charge in [-0.15, -0.1) is 0 Å². The van der Waals surface area contributed by atoms with Crippen LogP contribution in [0.5, 0.6) is 5.75 Å². The van der Waals surface area contributed by atoms with Gasteiger partial charge < -0.3 is 26.2 Å². The Morgan fingerprint density at radius 2 is 1.84 bits per heavy atom. The van der Waals surface area contributed by atoms with Gasteiger partial charge in [-0.25, -0.2) is 0 Å². The number of phenols is 1. The normalized spacial score (nSPS) is 32.1. The van der Waals surface area contributed by atoms with Crippen LogP contribution in [0.3, 0.4) is 0 Å². The number of aliphatic hydroxyl groups is 3. The molecule has 9 nitrogen and oxygen atoms in total. The van der Waals surface area contributed by atoms with Gasteiger partial charge in [0, 0.05) is 16.5 Å². The van der Waals surface area contributed by atoms with Crippen molar-refractivity contribution in [2.24, 2.45) is 17.6 Å². The maximum atomic E-state index is 13.7. The van der Waals surface area contributed by atoms with Crippen molar-refractivity contribution >= 4 is 34.8 Å². The number of amides is 1. The molecule has 10 heteroatoms. The number of hydrogen-bond donors (Lipinski definition) is 5. The number of primary amides is 1. The van der Waals surface area contributed by atoms with Crippen LogP contribution in [0.15, 0.2) is 29.0 Å². The first-order valence-corrected chi connectivity index (χ1v) is 10.4. The van der Waals surface area contributed by atoms with Gasteiger partial charge in [-0.3, -0.25) is 19.3 Å². The summed E-state index contributed by atoms with van der Waals surface area (Å²) in [4.78, 5) is 40.1. The van der Waals surface area contributed by atoms with E-state index in [9.17, 15) is 34.8 Å². The van der Waals surface area contributed by atoms with Crippen LogP contribution in [0.1, 0.15) is 30.4 Å². The van der Waals surface area contributed by atoms with Crippen LogP contribution in [-0.4, -0.2) is 68.5 Å². The van der Waals surface area contributed by atoms with E-state index in [4.69, 9.17) is 17.3 Å². The minimum Gasteiger partial charge on any atom is -0.508 e. The summed E-state index contributed by atoms with van der Waals surface area (Å²) in [5.74, 6) is -7.36. The minimum absolute atomic E-state index is 0.0128. The Bertz CT molecular complexity index is 1160. The predicted molar refractivity (Wildman–Crippen MR) is 114 cm³/mol. The first-order valence-electron chi connectivity index (χ1n) is 10.0. The van der Waals surface area contributed by atoms with E-state index in [0.717, 1.165) is 0 Å². The molecule has 0 unspecified atom stereocenters. The number of aliphatic hydroxyl groups excluding tert-OH is 2. The van der Waals surface area contributed by atoms with Crippen molar-refractivity contribution in [3.63, 3.8) is 0 Å². The highest BCUT2D eigenvalue weighted by atomic mass is 35.5. The van der Waals surface area contributed by atoms with Crippen LogP contribution in [0.25, 0.3) is 5.76 Å². The fourth-order valence-corrected chi connectivity index (χ4v) is 5.89. The number of nitrogens with zero attached hydrogens (tertiary/aromatic N) is 1. The lowest BCUT2D eigenvalue weighted by Crippen LogP contribution is -2.65. The van der Waals surface area contributed by atoms with Gasteiger partial charge in [-0.05, 0) is 50.0 Å². The quantitative estimate of drug-likeness (QED) is 0.409. The van der Waals surface area contributed by atoms with Crippen molar-refractivity contribution in [3.05, 3.63) is 45.2 Å². The highest BCUT2D eigenvalue weighted by Crippen LogP contribution is 2.56. The largest absolute Gasteiger partial charge is 0.508 e. The molecule has 3 aliphatic carbocycles. The van der Waals surface area contributed by atoms with Gasteiger partial charge in [0.25, 0.3) is 5.91 Å². The average Bonchev–Trinajstić information content (AvgIpc) is 2.69. The van der Waals surface area contributed by atoms with Crippen LogP contribution >= 0.6 is 11.6 Å². The number of nitrogens with two attached hydrogens (primary N) is 1. The number of rotatable bonds is 2. The zero-order chi connectivity index (χ0) is 23.9. The van der Waals surface area contributed by atoms with Crippen molar-refractivity contribution in [2.45, 2.75) is 30.9 Å². The molecule has 0 radical (unpaired) electrons. The van der Waals surface area contributed by atoms with E-state index in [0.29, 0.717) is 5.56 Å². The first kappa shape index (κ1) is 22.3. The van der Waals surface area contributed by atoms with E-state index in [2.05, 4.69) is 0 Å². The number of benzene rings is 1. The molecule has 1 fully saturated rings. The van der Waals surface area contributed by atoms with Crippen molar-refractivity contribution in [1.82, 2.24) is 4.90 Å². The van der Waals surface area contributed by atoms with Crippen LogP contribution < -0.4 is 5.73 Å². The van der Waals surface area contributed by atoms with Crippen molar-refractivity contribution in [3.8, 4) is 5.75 Å². The molecule has 1 aromatic carbocycles. The molecule has 5 atom stereocenters. The summed E-state index contributed by atoms with van der Waals surface area (Å²) in [6, 6.07) is 1.63. The summed E-state index contributed by atoms with van der Waals surface area (Å²) < 4.78 is 0. The summed E-state index contributed by atoms with van der Waals surface area (Å²) >= 11 is 6.35. The SMILES string of the molecule is C[C@H]1c2c(Cl)ccc(O)c2C(O)=C2C(=O)[C@]3(O)C(O)=C(C(N)=O)C(=O)[C@@H](N(C)C)[C@@H]3C[C@@H]21. The molecule has 0 heterocycles. The summed E-state index contributed by atoms with van der Waals surface area (Å²) in [6.45, 7) is 1.76. The lowest BCUT2D eigenvalue weighted by atomic mass is 9.55. The molecule has 1 amide bonds. The molecule has 1 aromatic rings. The molecule has 0 aliphatic heterocycles. The molecular formula is C22H23ClN2O7. The lowest BCUT2D eigenvalue weighted by Gasteiger charge is -2.51. The second kappa shape index (κ2) is 7.06. The number of ketones is 2. The molecule has 0 spiro atoms. The van der Waals surface area contributed by atoms with E-state index in [-0.39, 0.29) is 28.3 Å². The minimum atomic E-state index is -2.65. The van der Waals surface area contributed by atoms with E-state index < -0.39 is 64.0 Å². The van der Waals surface area contributed by atoms with E-state index in [1.165, 1.54) is 17.0 Å². The van der Waals surface area contributed by atoms with Gasteiger partial charge >= 0.3 is 0 Å². The molecule has 3 aliphatic rings. The highest BCUT2D eigenvalue weighted by molar-refractivity contribution is 6.32. The molecule has 6 N–H and O–H groups in total. The molecule has 1 saturated carbocycles. The number of carbonyl (C=O) groups is 3. The second-order valence-corrected chi connectivity index (χ2v) is 9.22. The Labute approximate surface area is 188 Å². The van der Waals surface area contributed by atoms with Gasteiger partial charge in [-0.1, -0.05) is 18.5 Å². The average molecular weight is 463 g/mol. The standard InChI is InChI=1S/C22H23ClN2O7/c1-7-8-6-9-16(25(2)3)18(28)15(21(24)31)20(30)22(9,32)19(29)13(8)17(27)14-11(26)5-4-10(23)12(7)14/h4-5,7-9,16,26-27,30,32H,6H2,1-3H3,(H2,24,31)/t7-,8-,9+,16+,22+/m1/s1. The molecule has 170 valence electrons. The monoisotopic (exact) mass is 462 g/mol. The Morgan fingerprint density at radius 3 is 2.41 bits per heavy atom. The van der Waals surface area contributed by atoms with Gasteiger partial charge in [0.2, 0.25) is 5.78 Å². The zero-order valence-corrected chi connectivity index (χ0v) is 18.3. The number of phenolic OH excluding ortho intramolecular Hbond substituents is 1. The molecule has 0 bridgehead atoms. The van der Waals surface area contributed by atoms with Gasteiger partial charge in [-0.2, -0.15) is 0 Å². The van der Waals surface area contributed by atoms with E-state index in [1.807, 2.05) is 0 Å². The number of Topliss-reactive ketones (excluding diaryl/α,β-unsaturated/α-hetero) is 2. The third-order valence-corrected chi connectivity index (χ3v) is 7.35. The number of halogens is 1. The Kier molecular flexibility index (Phi) is 4.92. The van der Waals surface area contributed by atoms with Gasteiger partial charge in [0.05, 0.1) is 11.6 Å². The van der Waals surface area contributed by atoms with Crippen molar-refractivity contribution in [1.29, 1.82) is 0 Å². The summed E-state index contributed by atoms with van der Waals surface area (Å²) in [6.07, 6.45) is 0.0128. The predicted octanol–water partition coefficient (Wildman–Crippen LogP) is 1.18. The maximum Gasteiger partial charge on any atom is 0.255 e. The summed E-state index contributed by atoms with van der Waals surface area (Å²) in [5.41, 5.74) is 2.00. The van der Waals surface area contributed by atoms with E-state index >= 15 is 0 Å². The van der Waals surface area contributed by atoms with Gasteiger partial charge in [0.15, 0.2) is 11.4 Å². The summed E-state index contributed by atoms with van der Waals surface area (Å²) in [5, 5.41) is 43.9. The molecule has 4 rings (SSSR count). The highest BCUT2D eigenvalue weighted by Gasteiger charge is 2.64. The number of likely N-dealkylation sites (N-methyl/N-ethyl adjacent to an activating group) is 1. The Morgan fingerprint density at radius 1 is 1.22 bits per heavy atom. The maximum absolute atomic E-state index is 13.7. The zero-order valence-electron chi connectivity index (χ0n) is 17.6. The Balaban J connectivity index is 2.03. The Hall–Kier alpha value is -2.88. The number of carbonyl (C=O) groups excluding carboxylic acids is 3. The third kappa shape index (κ3) is 2.61. The molecule has 0 aromatic heterocycles. The van der Waals surface area contributed by atoms with Crippen LogP contribution in [0.4, 0.5) is 0 Å². The van der Waals surface area contributed by atoms with Crippen molar-refractivity contribution < 1.29 is 34.8 Å². The smallest absolute Gasteiger partial charge is 0.255 e. The lowest BCUT2D eigenvalue weighted by molar-refractivity contribution is -0.154. The molecular weight excluding hydrogens is 440 g/mol. The molecule has 0 saturated heterocycles. The fraction of sp³-hybridized carbons (Fsp3) is 0.409. The molecule has 32 heavy (non-hydrogen) atoms. The van der Waals surface area contributed by atoms with Crippen molar-refractivity contribution in [2.75, 3.05) is 14.1 Å². The first-order chi connectivity index (χ1) is 14.8. The van der Waals surface area contributed by atoms with Crippen LogP contribution in [-0.2, 0) is 14.4 Å². The van der Waals surface area contributed by atoms with Gasteiger partial charge in [0.1, 0.15) is 22.8 Å². The third-order valence-electron chi connectivity index (χ3n) is 7.02. The fourth-order valence-electron chi connectivity index (χ4n) is 5.56.